The van der Waals surface area contributed by atoms with Crippen molar-refractivity contribution in [2.75, 3.05) is 26.2 Å². The molecule has 4 heteroatoms. The van der Waals surface area contributed by atoms with Gasteiger partial charge in [-0.1, -0.05) is 6.92 Å². The zero-order chi connectivity index (χ0) is 12.1. The fourth-order valence-electron chi connectivity index (χ4n) is 3.08. The van der Waals surface area contributed by atoms with Crippen molar-refractivity contribution in [1.29, 1.82) is 0 Å². The highest BCUT2D eigenvalue weighted by atomic mass is 16.1. The van der Waals surface area contributed by atoms with Crippen LogP contribution in [-0.2, 0) is 4.79 Å². The molecule has 1 aliphatic heterocycles. The Bertz CT molecular complexity index is 249. The van der Waals surface area contributed by atoms with Crippen LogP contribution >= 0.6 is 0 Å². The summed E-state index contributed by atoms with van der Waals surface area (Å²) >= 11 is 0. The minimum absolute atomic E-state index is 0.217. The Labute approximate surface area is 104 Å². The molecule has 2 fully saturated rings. The van der Waals surface area contributed by atoms with Crippen LogP contribution in [0.2, 0.25) is 0 Å². The van der Waals surface area contributed by atoms with Crippen molar-refractivity contribution < 1.29 is 4.79 Å². The van der Waals surface area contributed by atoms with Crippen molar-refractivity contribution in [3.8, 4) is 0 Å². The van der Waals surface area contributed by atoms with E-state index < -0.39 is 0 Å². The number of amides is 1. The van der Waals surface area contributed by atoms with Gasteiger partial charge in [-0.25, -0.2) is 0 Å². The van der Waals surface area contributed by atoms with Gasteiger partial charge in [0.2, 0.25) is 5.91 Å². The average molecular weight is 239 g/mol. The summed E-state index contributed by atoms with van der Waals surface area (Å²) in [4.78, 5) is 13.8. The molecule has 0 unspecified atom stereocenters. The highest BCUT2D eigenvalue weighted by Crippen LogP contribution is 2.23. The van der Waals surface area contributed by atoms with E-state index >= 15 is 0 Å². The molecular weight excluding hydrogens is 214 g/mol. The smallest absolute Gasteiger partial charge is 0.221 e. The van der Waals surface area contributed by atoms with Crippen molar-refractivity contribution in [3.63, 3.8) is 0 Å². The van der Waals surface area contributed by atoms with Crippen LogP contribution in [0.4, 0.5) is 0 Å². The Balaban J connectivity index is 1.77. The van der Waals surface area contributed by atoms with Gasteiger partial charge in [0, 0.05) is 38.1 Å². The number of nitrogens with zero attached hydrogens (tertiary/aromatic N) is 1. The van der Waals surface area contributed by atoms with Crippen LogP contribution in [0.25, 0.3) is 0 Å². The SMILES string of the molecule is CCNC1CCC(N2CCNC(=O)CC2)CC1. The van der Waals surface area contributed by atoms with Crippen LogP contribution < -0.4 is 10.6 Å². The van der Waals surface area contributed by atoms with Crippen molar-refractivity contribution in [1.82, 2.24) is 15.5 Å². The quantitative estimate of drug-likeness (QED) is 0.763. The predicted molar refractivity (Wildman–Crippen MR) is 68.9 cm³/mol. The lowest BCUT2D eigenvalue weighted by Gasteiger charge is -2.36. The Hall–Kier alpha value is -0.610. The van der Waals surface area contributed by atoms with Gasteiger partial charge in [0.05, 0.1) is 0 Å². The molecule has 0 aromatic heterocycles. The summed E-state index contributed by atoms with van der Waals surface area (Å²) in [5.41, 5.74) is 0. The number of carbonyl (C=O) groups excluding carboxylic acids is 1. The summed E-state index contributed by atoms with van der Waals surface area (Å²) in [6.07, 6.45) is 5.82. The molecule has 0 spiro atoms. The molecule has 98 valence electrons. The molecule has 0 atom stereocenters. The van der Waals surface area contributed by atoms with E-state index in [1.165, 1.54) is 25.7 Å². The highest BCUT2D eigenvalue weighted by molar-refractivity contribution is 5.76. The topological polar surface area (TPSA) is 44.4 Å². The molecule has 4 nitrogen and oxygen atoms in total. The molecule has 0 aromatic carbocycles. The lowest BCUT2D eigenvalue weighted by Crippen LogP contribution is -2.43. The van der Waals surface area contributed by atoms with Crippen molar-refractivity contribution >= 4 is 5.91 Å². The first-order valence-corrected chi connectivity index (χ1v) is 7.03. The Morgan fingerprint density at radius 3 is 2.76 bits per heavy atom. The zero-order valence-corrected chi connectivity index (χ0v) is 10.9. The molecule has 2 N–H and O–H groups in total. The molecule has 2 rings (SSSR count). The van der Waals surface area contributed by atoms with Gasteiger partial charge in [-0.3, -0.25) is 9.69 Å². The summed E-state index contributed by atoms with van der Waals surface area (Å²) in [7, 11) is 0. The molecule has 0 aromatic rings. The molecule has 2 aliphatic rings. The Kier molecular flexibility index (Phi) is 4.80. The van der Waals surface area contributed by atoms with Crippen LogP contribution in [0.15, 0.2) is 0 Å². The second-order valence-corrected chi connectivity index (χ2v) is 5.20. The van der Waals surface area contributed by atoms with Gasteiger partial charge >= 0.3 is 0 Å². The number of rotatable bonds is 3. The third kappa shape index (κ3) is 3.68. The molecule has 17 heavy (non-hydrogen) atoms. The van der Waals surface area contributed by atoms with Crippen LogP contribution in [0.1, 0.15) is 39.0 Å². The predicted octanol–water partition coefficient (Wildman–Crippen LogP) is 0.729. The number of carbonyl (C=O) groups is 1. The lowest BCUT2D eigenvalue weighted by atomic mass is 9.90. The second kappa shape index (κ2) is 6.36. The molecule has 1 saturated carbocycles. The first kappa shape index (κ1) is 12.8. The van der Waals surface area contributed by atoms with Crippen molar-refractivity contribution in [2.24, 2.45) is 0 Å². The fraction of sp³-hybridized carbons (Fsp3) is 0.923. The number of hydrogen-bond donors (Lipinski definition) is 2. The van der Waals surface area contributed by atoms with Crippen molar-refractivity contribution in [3.05, 3.63) is 0 Å². The van der Waals surface area contributed by atoms with E-state index in [0.717, 1.165) is 32.2 Å². The zero-order valence-electron chi connectivity index (χ0n) is 10.9. The van der Waals surface area contributed by atoms with E-state index in [1.807, 2.05) is 0 Å². The van der Waals surface area contributed by atoms with Gasteiger partial charge in [0.15, 0.2) is 0 Å². The normalized spacial score (nSPS) is 31.9. The largest absolute Gasteiger partial charge is 0.355 e. The van der Waals surface area contributed by atoms with E-state index in [2.05, 4.69) is 22.5 Å². The van der Waals surface area contributed by atoms with Gasteiger partial charge in [0.1, 0.15) is 0 Å². The Morgan fingerprint density at radius 1 is 1.29 bits per heavy atom. The summed E-state index contributed by atoms with van der Waals surface area (Å²) in [5.74, 6) is 0.217. The van der Waals surface area contributed by atoms with Crippen LogP contribution in [-0.4, -0.2) is 49.1 Å². The summed E-state index contributed by atoms with van der Waals surface area (Å²) in [5, 5.41) is 6.49. The fourth-order valence-corrected chi connectivity index (χ4v) is 3.08. The third-order valence-corrected chi connectivity index (χ3v) is 4.05. The van der Waals surface area contributed by atoms with Gasteiger partial charge in [0.25, 0.3) is 0 Å². The lowest BCUT2D eigenvalue weighted by molar-refractivity contribution is -0.120. The second-order valence-electron chi connectivity index (χ2n) is 5.20. The standard InChI is InChI=1S/C13H25N3O/c1-2-14-11-3-5-12(6-4-11)16-9-7-13(17)15-8-10-16/h11-12,14H,2-10H2,1H3,(H,15,17). The number of nitrogens with one attached hydrogen (secondary N) is 2. The van der Waals surface area contributed by atoms with E-state index in [4.69, 9.17) is 0 Å². The minimum atomic E-state index is 0.217. The summed E-state index contributed by atoms with van der Waals surface area (Å²) < 4.78 is 0. The maximum Gasteiger partial charge on any atom is 0.221 e. The monoisotopic (exact) mass is 239 g/mol. The molecule has 1 heterocycles. The van der Waals surface area contributed by atoms with E-state index in [1.54, 1.807) is 0 Å². The minimum Gasteiger partial charge on any atom is -0.355 e. The molecule has 1 amide bonds. The van der Waals surface area contributed by atoms with Gasteiger partial charge in [-0.2, -0.15) is 0 Å². The summed E-state index contributed by atoms with van der Waals surface area (Å²) in [6, 6.07) is 1.43. The summed E-state index contributed by atoms with van der Waals surface area (Å²) in [6.45, 7) is 6.06. The van der Waals surface area contributed by atoms with Crippen LogP contribution in [0.3, 0.4) is 0 Å². The maximum absolute atomic E-state index is 11.3. The van der Waals surface area contributed by atoms with Crippen molar-refractivity contribution in [2.45, 2.75) is 51.1 Å². The van der Waals surface area contributed by atoms with Gasteiger partial charge in [-0.15, -0.1) is 0 Å². The van der Waals surface area contributed by atoms with Crippen LogP contribution in [0, 0.1) is 0 Å². The third-order valence-electron chi connectivity index (χ3n) is 4.05. The molecule has 0 radical (unpaired) electrons. The highest BCUT2D eigenvalue weighted by Gasteiger charge is 2.26. The maximum atomic E-state index is 11.3. The van der Waals surface area contributed by atoms with E-state index in [-0.39, 0.29) is 5.91 Å². The van der Waals surface area contributed by atoms with Gasteiger partial charge < -0.3 is 10.6 Å². The first-order chi connectivity index (χ1) is 8.29. The Morgan fingerprint density at radius 2 is 2.06 bits per heavy atom. The van der Waals surface area contributed by atoms with E-state index in [0.29, 0.717) is 12.5 Å². The first-order valence-electron chi connectivity index (χ1n) is 7.03. The number of hydrogen-bond acceptors (Lipinski definition) is 3. The molecule has 0 bridgehead atoms. The molecular formula is C13H25N3O. The van der Waals surface area contributed by atoms with Gasteiger partial charge in [-0.05, 0) is 32.2 Å². The van der Waals surface area contributed by atoms with Crippen LogP contribution in [0.5, 0.6) is 0 Å². The molecule has 1 saturated heterocycles. The molecule has 1 aliphatic carbocycles. The van der Waals surface area contributed by atoms with E-state index in [9.17, 15) is 4.79 Å². The average Bonchev–Trinajstić information content (AvgIpc) is 2.56.